The molecule has 0 bridgehead atoms. The fourth-order valence-electron chi connectivity index (χ4n) is 2.41. The van der Waals surface area contributed by atoms with Crippen LogP contribution in [0.1, 0.15) is 25.3 Å². The lowest BCUT2D eigenvalue weighted by molar-refractivity contribution is 0.549. The van der Waals surface area contributed by atoms with E-state index >= 15 is 0 Å². The topological polar surface area (TPSA) is 15.3 Å². The lowest BCUT2D eigenvalue weighted by atomic mass is 10.2. The third-order valence-corrected chi connectivity index (χ3v) is 3.26. The molecule has 1 N–H and O–H groups in total. The second-order valence-electron chi connectivity index (χ2n) is 4.87. The van der Waals surface area contributed by atoms with Gasteiger partial charge < -0.3 is 10.2 Å². The molecule has 1 aromatic carbocycles. The first-order chi connectivity index (χ1) is 8.19. The summed E-state index contributed by atoms with van der Waals surface area (Å²) in [4.78, 5) is 2.27. The van der Waals surface area contributed by atoms with Gasteiger partial charge in [-0.1, -0.05) is 6.92 Å². The summed E-state index contributed by atoms with van der Waals surface area (Å²) in [6.45, 7) is 7.19. The van der Waals surface area contributed by atoms with Gasteiger partial charge in [0.2, 0.25) is 0 Å². The van der Waals surface area contributed by atoms with Crippen LogP contribution in [0.25, 0.3) is 0 Å². The highest BCUT2D eigenvalue weighted by Gasteiger charge is 2.22. The van der Waals surface area contributed by atoms with E-state index in [1.807, 2.05) is 6.92 Å². The van der Waals surface area contributed by atoms with Gasteiger partial charge >= 0.3 is 0 Å². The molecule has 1 saturated heterocycles. The van der Waals surface area contributed by atoms with Crippen LogP contribution in [0.5, 0.6) is 0 Å². The first-order valence-electron chi connectivity index (χ1n) is 6.44. The van der Waals surface area contributed by atoms with E-state index in [1.54, 1.807) is 12.1 Å². The minimum Gasteiger partial charge on any atom is -0.370 e. The highest BCUT2D eigenvalue weighted by Crippen LogP contribution is 2.22. The number of rotatable bonds is 4. The number of hydrogen-bond acceptors (Lipinski definition) is 2. The third kappa shape index (κ3) is 3.19. The molecule has 2 nitrogen and oxygen atoms in total. The molecule has 3 heteroatoms. The number of anilines is 1. The fraction of sp³-hybridized carbons (Fsp3) is 0.571. The first kappa shape index (κ1) is 12.4. The molecule has 1 heterocycles. The molecule has 1 fully saturated rings. The fourth-order valence-corrected chi connectivity index (χ4v) is 2.41. The third-order valence-electron chi connectivity index (χ3n) is 3.26. The Bertz CT molecular complexity index is 358. The van der Waals surface area contributed by atoms with Crippen molar-refractivity contribution in [3.8, 4) is 0 Å². The van der Waals surface area contributed by atoms with E-state index in [9.17, 15) is 4.39 Å². The van der Waals surface area contributed by atoms with Crippen LogP contribution in [0, 0.1) is 12.7 Å². The number of benzene rings is 1. The Morgan fingerprint density at radius 3 is 2.94 bits per heavy atom. The average Bonchev–Trinajstić information content (AvgIpc) is 2.73. The molecule has 1 aliphatic rings. The van der Waals surface area contributed by atoms with Gasteiger partial charge in [0.25, 0.3) is 0 Å². The molecule has 0 amide bonds. The van der Waals surface area contributed by atoms with Crippen LogP contribution in [-0.2, 0) is 0 Å². The second kappa shape index (κ2) is 5.50. The van der Waals surface area contributed by atoms with Crippen LogP contribution in [0.2, 0.25) is 0 Å². The Morgan fingerprint density at radius 1 is 1.41 bits per heavy atom. The van der Waals surface area contributed by atoms with Crippen molar-refractivity contribution < 1.29 is 4.39 Å². The number of nitrogens with zero attached hydrogens (tertiary/aromatic N) is 1. The normalized spacial score (nSPS) is 19.9. The summed E-state index contributed by atoms with van der Waals surface area (Å²) in [5.41, 5.74) is 2.01. The maximum Gasteiger partial charge on any atom is 0.125 e. The van der Waals surface area contributed by atoms with Crippen LogP contribution in [0.3, 0.4) is 0 Å². The smallest absolute Gasteiger partial charge is 0.125 e. The van der Waals surface area contributed by atoms with Gasteiger partial charge in [-0.3, -0.25) is 0 Å². The molecule has 0 saturated carbocycles. The summed E-state index contributed by atoms with van der Waals surface area (Å²) in [6.07, 6.45) is 2.31. The van der Waals surface area contributed by atoms with E-state index in [0.717, 1.165) is 43.7 Å². The zero-order valence-corrected chi connectivity index (χ0v) is 10.7. The van der Waals surface area contributed by atoms with E-state index in [0.29, 0.717) is 6.04 Å². The highest BCUT2D eigenvalue weighted by molar-refractivity contribution is 5.50. The van der Waals surface area contributed by atoms with Crippen LogP contribution in [-0.4, -0.2) is 25.7 Å². The number of aryl methyl sites for hydroxylation is 1. The Hall–Kier alpha value is -1.09. The quantitative estimate of drug-likeness (QED) is 0.864. The summed E-state index contributed by atoms with van der Waals surface area (Å²) in [5.74, 6) is -0.134. The monoisotopic (exact) mass is 236 g/mol. The Balaban J connectivity index is 1.99. The molecule has 1 aliphatic heterocycles. The van der Waals surface area contributed by atoms with Crippen molar-refractivity contribution in [2.75, 3.05) is 24.5 Å². The van der Waals surface area contributed by atoms with Crippen molar-refractivity contribution in [2.24, 2.45) is 0 Å². The zero-order valence-electron chi connectivity index (χ0n) is 10.7. The number of nitrogens with one attached hydrogen (secondary N) is 1. The highest BCUT2D eigenvalue weighted by atomic mass is 19.1. The largest absolute Gasteiger partial charge is 0.370 e. The van der Waals surface area contributed by atoms with Gasteiger partial charge in [-0.25, -0.2) is 4.39 Å². The van der Waals surface area contributed by atoms with Gasteiger partial charge in [0, 0.05) is 24.8 Å². The Morgan fingerprint density at radius 2 is 2.24 bits per heavy atom. The maximum absolute atomic E-state index is 13.3. The van der Waals surface area contributed by atoms with Gasteiger partial charge in [-0.2, -0.15) is 0 Å². The maximum atomic E-state index is 13.3. The molecule has 17 heavy (non-hydrogen) atoms. The number of hydrogen-bond donors (Lipinski definition) is 1. The standard InChI is InChI=1S/C14H21FN2/c1-3-5-16-13-4-6-17(10-13)14-8-11(2)7-12(15)9-14/h7-9,13,16H,3-6,10H2,1-2H3. The molecular formula is C14H21FN2. The molecule has 0 radical (unpaired) electrons. The predicted molar refractivity (Wildman–Crippen MR) is 70.0 cm³/mol. The Labute approximate surface area is 103 Å². The van der Waals surface area contributed by atoms with E-state index in [2.05, 4.69) is 23.2 Å². The molecule has 94 valence electrons. The van der Waals surface area contributed by atoms with Gasteiger partial charge in [-0.05, 0) is 50.1 Å². The zero-order chi connectivity index (χ0) is 12.3. The predicted octanol–water partition coefficient (Wildman–Crippen LogP) is 2.71. The van der Waals surface area contributed by atoms with Crippen molar-refractivity contribution in [1.29, 1.82) is 0 Å². The molecule has 0 spiro atoms. The minimum atomic E-state index is -0.134. The SMILES string of the molecule is CCCNC1CCN(c2cc(C)cc(F)c2)C1. The van der Waals surface area contributed by atoms with Crippen molar-refractivity contribution in [2.45, 2.75) is 32.7 Å². The summed E-state index contributed by atoms with van der Waals surface area (Å²) in [6, 6.07) is 5.82. The van der Waals surface area contributed by atoms with Crippen LogP contribution in [0.15, 0.2) is 18.2 Å². The van der Waals surface area contributed by atoms with Crippen molar-refractivity contribution in [1.82, 2.24) is 5.32 Å². The van der Waals surface area contributed by atoms with Gasteiger partial charge in [-0.15, -0.1) is 0 Å². The van der Waals surface area contributed by atoms with Crippen molar-refractivity contribution >= 4 is 5.69 Å². The summed E-state index contributed by atoms with van der Waals surface area (Å²) in [7, 11) is 0. The summed E-state index contributed by atoms with van der Waals surface area (Å²) >= 11 is 0. The van der Waals surface area contributed by atoms with E-state index in [4.69, 9.17) is 0 Å². The molecule has 1 unspecified atom stereocenters. The minimum absolute atomic E-state index is 0.134. The van der Waals surface area contributed by atoms with Crippen molar-refractivity contribution in [3.05, 3.63) is 29.6 Å². The summed E-state index contributed by atoms with van der Waals surface area (Å²) < 4.78 is 13.3. The molecular weight excluding hydrogens is 215 g/mol. The van der Waals surface area contributed by atoms with Crippen molar-refractivity contribution in [3.63, 3.8) is 0 Å². The molecule has 1 atom stereocenters. The first-order valence-corrected chi connectivity index (χ1v) is 6.44. The average molecular weight is 236 g/mol. The van der Waals surface area contributed by atoms with Crippen LogP contribution >= 0.6 is 0 Å². The molecule has 2 rings (SSSR count). The lowest BCUT2D eigenvalue weighted by Gasteiger charge is -2.19. The molecule has 0 aromatic heterocycles. The van der Waals surface area contributed by atoms with E-state index in [1.165, 1.54) is 0 Å². The van der Waals surface area contributed by atoms with Gasteiger partial charge in [0.1, 0.15) is 5.82 Å². The van der Waals surface area contributed by atoms with Crippen LogP contribution < -0.4 is 10.2 Å². The summed E-state index contributed by atoms with van der Waals surface area (Å²) in [5, 5.41) is 3.52. The Kier molecular flexibility index (Phi) is 4.00. The number of halogens is 1. The van der Waals surface area contributed by atoms with E-state index in [-0.39, 0.29) is 5.82 Å². The second-order valence-corrected chi connectivity index (χ2v) is 4.87. The van der Waals surface area contributed by atoms with Crippen LogP contribution in [0.4, 0.5) is 10.1 Å². The van der Waals surface area contributed by atoms with E-state index < -0.39 is 0 Å². The lowest BCUT2D eigenvalue weighted by Crippen LogP contribution is -2.32. The molecule has 1 aromatic rings. The van der Waals surface area contributed by atoms with Gasteiger partial charge in [0.05, 0.1) is 0 Å². The molecule has 0 aliphatic carbocycles. The van der Waals surface area contributed by atoms with Gasteiger partial charge in [0.15, 0.2) is 0 Å².